The Kier molecular flexibility index (Phi) is 16.7. The lowest BCUT2D eigenvalue weighted by molar-refractivity contribution is 0.102. The van der Waals surface area contributed by atoms with Gasteiger partial charge in [-0.25, -0.2) is 0 Å². The van der Waals surface area contributed by atoms with E-state index in [2.05, 4.69) is 44.5 Å². The Morgan fingerprint density at radius 3 is 1.03 bits per heavy atom. The third-order valence-corrected chi connectivity index (χ3v) is 10.3. The molecule has 0 spiro atoms. The van der Waals surface area contributed by atoms with E-state index in [4.69, 9.17) is 18.9 Å². The van der Waals surface area contributed by atoms with Crippen molar-refractivity contribution in [3.63, 3.8) is 0 Å². The van der Waals surface area contributed by atoms with Crippen molar-refractivity contribution in [2.45, 2.75) is 66.2 Å². The number of hydrogen-bond donors (Lipinski definition) is 0. The smallest absolute Gasteiger partial charge is 0.197 e. The van der Waals surface area contributed by atoms with Crippen LogP contribution in [0.3, 0.4) is 0 Å². The van der Waals surface area contributed by atoms with Crippen LogP contribution in [0.15, 0.2) is 152 Å². The van der Waals surface area contributed by atoms with Crippen LogP contribution in [0.5, 0.6) is 23.0 Å². The van der Waals surface area contributed by atoms with E-state index in [-0.39, 0.29) is 11.6 Å². The first-order valence-corrected chi connectivity index (χ1v) is 21.6. The fraction of sp³-hybridized carbons (Fsp3) is 0.269. The summed E-state index contributed by atoms with van der Waals surface area (Å²) < 4.78 is 22.9. The van der Waals surface area contributed by atoms with Gasteiger partial charge in [0.05, 0.1) is 72.7 Å². The van der Waals surface area contributed by atoms with Gasteiger partial charge in [0.1, 0.15) is 23.0 Å². The van der Waals surface area contributed by atoms with Crippen molar-refractivity contribution < 1.29 is 28.5 Å². The summed E-state index contributed by atoms with van der Waals surface area (Å²) in [5.41, 5.74) is 7.08. The molecule has 0 aromatic heterocycles. The number of nitrogens with zero attached hydrogens (tertiary/aromatic N) is 6. The number of hydrogen-bond acceptors (Lipinski definition) is 12. The lowest BCUT2D eigenvalue weighted by Gasteiger charge is -2.12. The van der Waals surface area contributed by atoms with Crippen molar-refractivity contribution >= 4 is 45.7 Å². The third-order valence-electron chi connectivity index (χ3n) is 10.3. The number of methoxy groups -OCH3 is 2. The molecule has 0 unspecified atom stereocenters. The number of rotatable bonds is 22. The first-order valence-electron chi connectivity index (χ1n) is 21.6. The minimum absolute atomic E-state index is 0.145. The average Bonchev–Trinajstić information content (AvgIpc) is 3.32. The fourth-order valence-electron chi connectivity index (χ4n) is 6.79. The molecule has 64 heavy (non-hydrogen) atoms. The van der Waals surface area contributed by atoms with Crippen molar-refractivity contribution in [2.24, 2.45) is 30.7 Å². The molecule has 0 amide bonds. The van der Waals surface area contributed by atoms with E-state index in [1.54, 1.807) is 84.9 Å². The van der Waals surface area contributed by atoms with Gasteiger partial charge in [-0.2, -0.15) is 30.7 Å². The highest BCUT2D eigenvalue weighted by molar-refractivity contribution is 6.12. The molecule has 0 bridgehead atoms. The zero-order valence-electron chi connectivity index (χ0n) is 37.3. The summed E-state index contributed by atoms with van der Waals surface area (Å²) in [6.45, 7) is 9.33. The molecule has 0 aliphatic rings. The zero-order chi connectivity index (χ0) is 45.3. The van der Waals surface area contributed by atoms with Gasteiger partial charge in [0.15, 0.2) is 11.6 Å². The minimum Gasteiger partial charge on any atom is -0.496 e. The Morgan fingerprint density at radius 1 is 0.422 bits per heavy atom. The Morgan fingerprint density at radius 2 is 0.734 bits per heavy atom. The molecule has 0 atom stereocenters. The quantitative estimate of drug-likeness (QED) is 0.0377. The van der Waals surface area contributed by atoms with Crippen LogP contribution in [0.4, 0.5) is 34.1 Å². The van der Waals surface area contributed by atoms with Gasteiger partial charge in [0, 0.05) is 23.3 Å². The molecule has 6 aromatic carbocycles. The van der Waals surface area contributed by atoms with Gasteiger partial charge >= 0.3 is 0 Å². The number of unbranched alkanes of at least 4 members (excludes halogenated alkanes) is 4. The number of ether oxygens (including phenoxy) is 4. The van der Waals surface area contributed by atoms with Crippen LogP contribution < -0.4 is 18.9 Å². The van der Waals surface area contributed by atoms with E-state index in [9.17, 15) is 9.59 Å². The van der Waals surface area contributed by atoms with Crippen LogP contribution in [0.25, 0.3) is 0 Å². The zero-order valence-corrected chi connectivity index (χ0v) is 37.3. The molecule has 6 rings (SSSR count). The van der Waals surface area contributed by atoms with E-state index in [0.29, 0.717) is 81.1 Å². The summed E-state index contributed by atoms with van der Waals surface area (Å²) >= 11 is 0. The highest BCUT2D eigenvalue weighted by Crippen LogP contribution is 2.34. The summed E-state index contributed by atoms with van der Waals surface area (Å²) in [5, 5.41) is 26.3. The van der Waals surface area contributed by atoms with Crippen molar-refractivity contribution in [2.75, 3.05) is 27.4 Å². The summed E-state index contributed by atoms with van der Waals surface area (Å²) in [6.07, 6.45) is 6.50. The molecule has 12 nitrogen and oxygen atoms in total. The predicted octanol–water partition coefficient (Wildman–Crippen LogP) is 15.2. The summed E-state index contributed by atoms with van der Waals surface area (Å²) in [6, 6.07) is 35.8. The number of carbonyl (C=O) groups excluding carboxylic acids is 2. The third kappa shape index (κ3) is 12.6. The van der Waals surface area contributed by atoms with E-state index in [1.807, 2.05) is 50.2 Å². The largest absolute Gasteiger partial charge is 0.496 e. The first-order chi connectivity index (χ1) is 31.2. The highest BCUT2D eigenvalue weighted by atomic mass is 16.5. The average molecular weight is 859 g/mol. The molecule has 0 heterocycles. The van der Waals surface area contributed by atoms with E-state index < -0.39 is 0 Å². The first kappa shape index (κ1) is 46.2. The van der Waals surface area contributed by atoms with Gasteiger partial charge in [-0.3, -0.25) is 9.59 Å². The predicted molar refractivity (Wildman–Crippen MR) is 251 cm³/mol. The molecule has 328 valence electrons. The number of benzene rings is 6. The van der Waals surface area contributed by atoms with Crippen molar-refractivity contribution in [1.29, 1.82) is 0 Å². The summed E-state index contributed by atoms with van der Waals surface area (Å²) in [5.74, 6) is 2.03. The molecule has 0 saturated carbocycles. The van der Waals surface area contributed by atoms with E-state index >= 15 is 0 Å². The van der Waals surface area contributed by atoms with E-state index in [0.717, 1.165) is 61.2 Å². The Labute approximate surface area is 375 Å². The van der Waals surface area contributed by atoms with Crippen molar-refractivity contribution in [1.82, 2.24) is 0 Å². The van der Waals surface area contributed by atoms with Crippen LogP contribution in [0.1, 0.15) is 95.3 Å². The van der Waals surface area contributed by atoms with Gasteiger partial charge in [0.2, 0.25) is 0 Å². The molecular weight excluding hydrogens is 805 g/mol. The monoisotopic (exact) mass is 858 g/mol. The maximum Gasteiger partial charge on any atom is 0.197 e. The minimum atomic E-state index is -0.145. The standard InChI is InChI=1S/C52H54N6O6/c1-7-9-11-29-63-45-25-13-37(14-26-45)51(59)49-35(3)31-43(33-47(49)61-5)57-55-41-21-17-39(18-22-41)53-54-40-19-23-42(24-20-40)56-58-44-32-36(4)50(48(34-44)62-6)52(60)38-15-27-46(28-16-38)64-30-12-10-8-2/h13-28,31-34H,7-12,29-30H2,1-6H3. The second-order valence-corrected chi connectivity index (χ2v) is 15.1. The molecule has 6 aromatic rings. The summed E-state index contributed by atoms with van der Waals surface area (Å²) in [4.78, 5) is 27.0. The van der Waals surface area contributed by atoms with Gasteiger partial charge in [-0.1, -0.05) is 39.5 Å². The summed E-state index contributed by atoms with van der Waals surface area (Å²) in [7, 11) is 3.07. The van der Waals surface area contributed by atoms with Crippen molar-refractivity contribution in [3.05, 3.63) is 155 Å². The second kappa shape index (κ2) is 23.2. The topological polar surface area (TPSA) is 145 Å². The Bertz CT molecular complexity index is 2410. The molecular formula is C52H54N6O6. The van der Waals surface area contributed by atoms with Gasteiger partial charge in [-0.15, -0.1) is 0 Å². The van der Waals surface area contributed by atoms with Gasteiger partial charge < -0.3 is 18.9 Å². The molecule has 0 radical (unpaired) electrons. The van der Waals surface area contributed by atoms with Crippen LogP contribution in [0.2, 0.25) is 0 Å². The van der Waals surface area contributed by atoms with E-state index in [1.165, 1.54) is 14.2 Å². The Balaban J connectivity index is 1.03. The van der Waals surface area contributed by atoms with Crippen molar-refractivity contribution in [3.8, 4) is 23.0 Å². The maximum absolute atomic E-state index is 13.5. The highest BCUT2D eigenvalue weighted by Gasteiger charge is 2.20. The Hall–Kier alpha value is -7.34. The maximum atomic E-state index is 13.5. The van der Waals surface area contributed by atoms with Crippen LogP contribution in [0, 0.1) is 13.8 Å². The molecule has 0 N–H and O–H groups in total. The lowest BCUT2D eigenvalue weighted by Crippen LogP contribution is -2.06. The molecule has 12 heteroatoms. The SMILES string of the molecule is CCCCCOc1ccc(C(=O)c2c(C)cc(N=Nc3ccc(N=Nc4ccc(N=Nc5cc(C)c(C(=O)c6ccc(OCCCCC)cc6)c(OC)c5)cc4)cc3)cc2OC)cc1. The van der Waals surface area contributed by atoms with Crippen LogP contribution in [-0.2, 0) is 0 Å². The molecule has 0 aliphatic carbocycles. The second-order valence-electron chi connectivity index (χ2n) is 15.1. The van der Waals surface area contributed by atoms with Crippen LogP contribution >= 0.6 is 0 Å². The number of carbonyl (C=O) groups is 2. The number of aryl methyl sites for hydroxylation is 2. The lowest BCUT2D eigenvalue weighted by atomic mass is 9.97. The fourth-order valence-corrected chi connectivity index (χ4v) is 6.79. The van der Waals surface area contributed by atoms with Crippen LogP contribution in [-0.4, -0.2) is 39.0 Å². The molecule has 0 fully saturated rings. The van der Waals surface area contributed by atoms with Gasteiger partial charge in [0.25, 0.3) is 0 Å². The van der Waals surface area contributed by atoms with Gasteiger partial charge in [-0.05, 0) is 147 Å². The number of ketones is 2. The number of azo groups is 3. The molecule has 0 saturated heterocycles. The molecule has 0 aliphatic heterocycles. The normalized spacial score (nSPS) is 11.4.